The highest BCUT2D eigenvalue weighted by Crippen LogP contribution is 2.34. The Balaban J connectivity index is 2.28. The highest BCUT2D eigenvalue weighted by Gasteiger charge is 2.51. The Labute approximate surface area is 120 Å². The van der Waals surface area contributed by atoms with Crippen LogP contribution >= 0.6 is 0 Å². The zero-order valence-electron chi connectivity index (χ0n) is 12.5. The number of piperazine rings is 1. The van der Waals surface area contributed by atoms with E-state index in [-0.39, 0.29) is 24.3 Å². The Hall–Kier alpha value is -1.13. The van der Waals surface area contributed by atoms with Crippen LogP contribution in [0.2, 0.25) is 0 Å². The van der Waals surface area contributed by atoms with Crippen molar-refractivity contribution in [2.75, 3.05) is 13.2 Å². The van der Waals surface area contributed by atoms with Crippen LogP contribution in [0.15, 0.2) is 0 Å². The number of hydrogen-bond donors (Lipinski definition) is 1. The average Bonchev–Trinajstić information content (AvgIpc) is 2.45. The van der Waals surface area contributed by atoms with Gasteiger partial charge in [-0.3, -0.25) is 9.59 Å². The third kappa shape index (κ3) is 2.54. The van der Waals surface area contributed by atoms with Crippen molar-refractivity contribution in [1.29, 1.82) is 0 Å². The van der Waals surface area contributed by atoms with E-state index in [4.69, 9.17) is 0 Å². The minimum atomic E-state index is -0.755. The first-order chi connectivity index (χ1) is 9.55. The number of carbonyl (C=O) groups excluding carboxylic acids is 2. The summed E-state index contributed by atoms with van der Waals surface area (Å²) in [5.41, 5.74) is -0.755. The molecule has 2 fully saturated rings. The highest BCUT2D eigenvalue weighted by molar-refractivity contribution is 6.00. The molecule has 0 aromatic rings. The monoisotopic (exact) mass is 284 g/mol. The number of nitrogens with one attached hydrogen (secondary N) is 1. The van der Waals surface area contributed by atoms with E-state index in [0.717, 1.165) is 25.7 Å². The van der Waals surface area contributed by atoms with Crippen LogP contribution in [0, 0.1) is 5.92 Å². The van der Waals surface area contributed by atoms with Gasteiger partial charge in [0, 0.05) is 6.54 Å². The molecule has 0 bridgehead atoms. The normalized spacial score (nSPS) is 27.6. The van der Waals surface area contributed by atoms with E-state index in [9.17, 15) is 14.0 Å². The maximum absolute atomic E-state index is 12.8. The summed E-state index contributed by atoms with van der Waals surface area (Å²) in [5.74, 6) is -0.125. The molecule has 20 heavy (non-hydrogen) atoms. The Bertz CT molecular complexity index is 380. The zero-order valence-corrected chi connectivity index (χ0v) is 12.5. The fourth-order valence-electron chi connectivity index (χ4n) is 3.52. The standard InChI is InChI=1S/C15H25FN2O2/c1-3-11(2)12-13(19)17-15(7-5-4-6-8-15)14(20)18(12)10-9-16/h11-12H,3-10H2,1-2H3,(H,17,19). The van der Waals surface area contributed by atoms with Crippen molar-refractivity contribution in [3.63, 3.8) is 0 Å². The number of carbonyl (C=O) groups is 2. The van der Waals surface area contributed by atoms with E-state index in [0.29, 0.717) is 12.8 Å². The molecule has 4 nitrogen and oxygen atoms in total. The molecule has 1 saturated heterocycles. The molecule has 1 N–H and O–H groups in total. The summed E-state index contributed by atoms with van der Waals surface area (Å²) in [6.07, 6.45) is 5.16. The molecule has 1 aliphatic carbocycles. The molecule has 2 aliphatic rings. The quantitative estimate of drug-likeness (QED) is 0.859. The molecular formula is C15H25FN2O2. The van der Waals surface area contributed by atoms with Crippen molar-refractivity contribution >= 4 is 11.8 Å². The SMILES string of the molecule is CCC(C)C1C(=O)NC2(CCCCC2)C(=O)N1CCF. The lowest BCUT2D eigenvalue weighted by molar-refractivity contribution is -0.159. The Morgan fingerprint density at radius 3 is 2.55 bits per heavy atom. The molecule has 1 saturated carbocycles. The third-order valence-electron chi connectivity index (χ3n) is 4.85. The molecule has 2 rings (SSSR count). The first-order valence-corrected chi connectivity index (χ1v) is 7.75. The van der Waals surface area contributed by atoms with Crippen LogP contribution in [0.25, 0.3) is 0 Å². The molecule has 5 heteroatoms. The maximum atomic E-state index is 12.8. The van der Waals surface area contributed by atoms with Gasteiger partial charge in [-0.2, -0.15) is 0 Å². The highest BCUT2D eigenvalue weighted by atomic mass is 19.1. The predicted octanol–water partition coefficient (Wildman–Crippen LogP) is 2.03. The van der Waals surface area contributed by atoms with Gasteiger partial charge in [-0.1, -0.05) is 39.5 Å². The van der Waals surface area contributed by atoms with Crippen molar-refractivity contribution in [2.45, 2.75) is 64.0 Å². The van der Waals surface area contributed by atoms with Crippen molar-refractivity contribution < 1.29 is 14.0 Å². The Kier molecular flexibility index (Phi) is 4.66. The van der Waals surface area contributed by atoms with Gasteiger partial charge >= 0.3 is 0 Å². The van der Waals surface area contributed by atoms with Gasteiger partial charge in [0.05, 0.1) is 0 Å². The summed E-state index contributed by atoms with van der Waals surface area (Å²) in [5, 5.41) is 2.98. The molecular weight excluding hydrogens is 259 g/mol. The molecule has 0 aromatic heterocycles. The van der Waals surface area contributed by atoms with E-state index in [1.807, 2.05) is 13.8 Å². The number of nitrogens with zero attached hydrogens (tertiary/aromatic N) is 1. The fraction of sp³-hybridized carbons (Fsp3) is 0.867. The second-order valence-corrected chi connectivity index (χ2v) is 6.15. The van der Waals surface area contributed by atoms with Crippen molar-refractivity contribution in [2.24, 2.45) is 5.92 Å². The lowest BCUT2D eigenvalue weighted by atomic mass is 9.77. The van der Waals surface area contributed by atoms with Crippen LogP contribution in [0.4, 0.5) is 4.39 Å². The van der Waals surface area contributed by atoms with Gasteiger partial charge in [-0.05, 0) is 18.8 Å². The van der Waals surface area contributed by atoms with E-state index in [2.05, 4.69) is 5.32 Å². The second-order valence-electron chi connectivity index (χ2n) is 6.15. The van der Waals surface area contributed by atoms with Crippen LogP contribution in [0.1, 0.15) is 52.4 Å². The Morgan fingerprint density at radius 1 is 1.35 bits per heavy atom. The number of amides is 2. The summed E-state index contributed by atoms with van der Waals surface area (Å²) in [4.78, 5) is 26.8. The van der Waals surface area contributed by atoms with Gasteiger partial charge in [0.25, 0.3) is 0 Å². The number of rotatable bonds is 4. The van der Waals surface area contributed by atoms with Crippen molar-refractivity contribution in [3.8, 4) is 0 Å². The molecule has 1 aliphatic heterocycles. The molecule has 1 spiro atoms. The summed E-state index contributed by atoms with van der Waals surface area (Å²) >= 11 is 0. The molecule has 2 unspecified atom stereocenters. The molecule has 2 atom stereocenters. The first kappa shape index (κ1) is 15.3. The minimum absolute atomic E-state index is 0.0308. The largest absolute Gasteiger partial charge is 0.340 e. The zero-order chi connectivity index (χ0) is 14.8. The number of halogens is 1. The summed E-state index contributed by atoms with van der Waals surface area (Å²) in [7, 11) is 0. The van der Waals surface area contributed by atoms with Gasteiger partial charge in [0.1, 0.15) is 18.3 Å². The predicted molar refractivity (Wildman–Crippen MR) is 74.9 cm³/mol. The van der Waals surface area contributed by atoms with Crippen LogP contribution in [0.5, 0.6) is 0 Å². The van der Waals surface area contributed by atoms with Crippen LogP contribution in [0.3, 0.4) is 0 Å². The summed E-state index contributed by atoms with van der Waals surface area (Å²) < 4.78 is 12.8. The smallest absolute Gasteiger partial charge is 0.249 e. The lowest BCUT2D eigenvalue weighted by Gasteiger charge is -2.48. The van der Waals surface area contributed by atoms with Crippen molar-refractivity contribution in [3.05, 3.63) is 0 Å². The fourth-order valence-corrected chi connectivity index (χ4v) is 3.52. The van der Waals surface area contributed by atoms with Gasteiger partial charge in [0.2, 0.25) is 11.8 Å². The van der Waals surface area contributed by atoms with E-state index < -0.39 is 18.3 Å². The van der Waals surface area contributed by atoms with Gasteiger partial charge < -0.3 is 10.2 Å². The van der Waals surface area contributed by atoms with Crippen LogP contribution < -0.4 is 5.32 Å². The molecule has 0 aromatic carbocycles. The van der Waals surface area contributed by atoms with Gasteiger partial charge in [-0.15, -0.1) is 0 Å². The van der Waals surface area contributed by atoms with Gasteiger partial charge in [-0.25, -0.2) is 4.39 Å². The maximum Gasteiger partial charge on any atom is 0.249 e. The summed E-state index contributed by atoms with van der Waals surface area (Å²) in [6, 6.07) is -0.518. The van der Waals surface area contributed by atoms with E-state index >= 15 is 0 Å². The summed E-state index contributed by atoms with van der Waals surface area (Å²) in [6.45, 7) is 3.37. The Morgan fingerprint density at radius 2 is 2.00 bits per heavy atom. The molecule has 1 heterocycles. The second kappa shape index (κ2) is 6.10. The number of alkyl halides is 1. The van der Waals surface area contributed by atoms with Gasteiger partial charge in [0.15, 0.2) is 0 Å². The van der Waals surface area contributed by atoms with Crippen LogP contribution in [-0.2, 0) is 9.59 Å². The topological polar surface area (TPSA) is 49.4 Å². The van der Waals surface area contributed by atoms with Crippen molar-refractivity contribution in [1.82, 2.24) is 10.2 Å². The third-order valence-corrected chi connectivity index (χ3v) is 4.85. The molecule has 0 radical (unpaired) electrons. The molecule has 114 valence electrons. The van der Waals surface area contributed by atoms with E-state index in [1.165, 1.54) is 4.90 Å². The number of hydrogen-bond acceptors (Lipinski definition) is 2. The lowest BCUT2D eigenvalue weighted by Crippen LogP contribution is -2.72. The minimum Gasteiger partial charge on any atom is -0.340 e. The van der Waals surface area contributed by atoms with E-state index in [1.54, 1.807) is 0 Å². The first-order valence-electron chi connectivity index (χ1n) is 7.75. The molecule has 2 amide bonds. The van der Waals surface area contributed by atoms with Crippen LogP contribution in [-0.4, -0.2) is 41.5 Å². The average molecular weight is 284 g/mol.